The highest BCUT2D eigenvalue weighted by molar-refractivity contribution is 8.13. The van der Waals surface area contributed by atoms with Crippen molar-refractivity contribution in [3.63, 3.8) is 0 Å². The molecule has 0 radical (unpaired) electrons. The highest BCUT2D eigenvalue weighted by Gasteiger charge is 2.18. The molecule has 0 bridgehead atoms. The highest BCUT2D eigenvalue weighted by atomic mass is 35.7. The van der Waals surface area contributed by atoms with Crippen LogP contribution in [0.2, 0.25) is 10.0 Å². The molecule has 5 nitrogen and oxygen atoms in total. The summed E-state index contributed by atoms with van der Waals surface area (Å²) in [4.78, 5) is 12.6. The Morgan fingerprint density at radius 1 is 1.24 bits per heavy atom. The average Bonchev–Trinajstić information content (AvgIpc) is 2.36. The normalized spacial score (nSPS) is 11.3. The number of amides is 1. The fourth-order valence-corrected chi connectivity index (χ4v) is 3.23. The summed E-state index contributed by atoms with van der Waals surface area (Å²) >= 11 is 11.7. The molecule has 0 heterocycles. The van der Waals surface area contributed by atoms with E-state index in [1.54, 1.807) is 14.1 Å². The Balaban J connectivity index is 2.70. The van der Waals surface area contributed by atoms with Gasteiger partial charge in [0, 0.05) is 37.3 Å². The lowest BCUT2D eigenvalue weighted by Crippen LogP contribution is -2.21. The molecule has 0 aromatic heterocycles. The van der Waals surface area contributed by atoms with Crippen LogP contribution in [0.4, 0.5) is 0 Å². The number of carbonyl (C=O) groups is 1. The fourth-order valence-electron chi connectivity index (χ4n) is 1.44. The molecular formula is C12H14Cl3NO4S. The van der Waals surface area contributed by atoms with E-state index < -0.39 is 9.05 Å². The largest absolute Gasteiger partial charge is 0.492 e. The molecule has 0 aliphatic heterocycles. The molecule has 0 saturated heterocycles. The summed E-state index contributed by atoms with van der Waals surface area (Å²) in [6, 6.07) is 2.42. The van der Waals surface area contributed by atoms with Gasteiger partial charge in [-0.15, -0.1) is 0 Å². The van der Waals surface area contributed by atoms with E-state index in [4.69, 9.17) is 38.6 Å². The Morgan fingerprint density at radius 3 is 2.38 bits per heavy atom. The summed E-state index contributed by atoms with van der Waals surface area (Å²) in [6.45, 7) is 0.253. The number of benzene rings is 1. The number of nitrogens with zero attached hydrogens (tertiary/aromatic N) is 1. The van der Waals surface area contributed by atoms with Gasteiger partial charge in [-0.25, -0.2) is 8.42 Å². The topological polar surface area (TPSA) is 63.7 Å². The quantitative estimate of drug-likeness (QED) is 0.567. The number of hydrogen-bond acceptors (Lipinski definition) is 4. The minimum absolute atomic E-state index is 0.00805. The van der Waals surface area contributed by atoms with E-state index in [9.17, 15) is 13.2 Å². The summed E-state index contributed by atoms with van der Waals surface area (Å²) in [5.41, 5.74) is 0. The van der Waals surface area contributed by atoms with Crippen molar-refractivity contribution in [3.8, 4) is 5.75 Å². The van der Waals surface area contributed by atoms with Gasteiger partial charge in [0.1, 0.15) is 10.6 Å². The van der Waals surface area contributed by atoms with E-state index in [-0.39, 0.29) is 33.2 Å². The Morgan fingerprint density at radius 2 is 1.86 bits per heavy atom. The van der Waals surface area contributed by atoms with Gasteiger partial charge >= 0.3 is 0 Å². The van der Waals surface area contributed by atoms with Gasteiger partial charge in [0.05, 0.1) is 16.7 Å². The number of carbonyl (C=O) groups excluding carboxylic acids is 1. The van der Waals surface area contributed by atoms with Crippen LogP contribution in [0, 0.1) is 0 Å². The molecule has 0 aliphatic carbocycles. The third-order valence-electron chi connectivity index (χ3n) is 2.54. The number of hydrogen-bond donors (Lipinski definition) is 0. The first kappa shape index (κ1) is 18.4. The highest BCUT2D eigenvalue weighted by Crippen LogP contribution is 2.35. The van der Waals surface area contributed by atoms with Crippen molar-refractivity contribution < 1.29 is 17.9 Å². The van der Waals surface area contributed by atoms with Crippen LogP contribution in [-0.4, -0.2) is 39.9 Å². The van der Waals surface area contributed by atoms with Crippen molar-refractivity contribution in [2.45, 2.75) is 17.7 Å². The SMILES string of the molecule is CN(C)C(=O)CCCOc1cc(Cl)c(S(=O)(=O)Cl)cc1Cl. The van der Waals surface area contributed by atoms with Gasteiger partial charge in [0.15, 0.2) is 0 Å². The van der Waals surface area contributed by atoms with Crippen molar-refractivity contribution >= 4 is 48.8 Å². The van der Waals surface area contributed by atoms with Crippen molar-refractivity contribution in [3.05, 3.63) is 22.2 Å². The lowest BCUT2D eigenvalue weighted by atomic mass is 10.3. The van der Waals surface area contributed by atoms with Crippen LogP contribution in [0.3, 0.4) is 0 Å². The summed E-state index contributed by atoms with van der Waals surface area (Å²) in [7, 11) is 4.60. The van der Waals surface area contributed by atoms with Gasteiger partial charge in [0.25, 0.3) is 9.05 Å². The van der Waals surface area contributed by atoms with Crippen LogP contribution in [0.5, 0.6) is 5.75 Å². The Labute approximate surface area is 138 Å². The van der Waals surface area contributed by atoms with Gasteiger partial charge in [-0.2, -0.15) is 0 Å². The summed E-state index contributed by atoms with van der Waals surface area (Å²) in [5.74, 6) is 0.231. The number of halogens is 3. The monoisotopic (exact) mass is 373 g/mol. The molecule has 0 saturated carbocycles. The first-order valence-electron chi connectivity index (χ1n) is 5.89. The molecule has 0 fully saturated rings. The van der Waals surface area contributed by atoms with E-state index in [1.807, 2.05) is 0 Å². The molecule has 0 atom stereocenters. The van der Waals surface area contributed by atoms with Gasteiger partial charge in [-0.1, -0.05) is 23.2 Å². The number of rotatable bonds is 6. The molecular weight excluding hydrogens is 361 g/mol. The van der Waals surface area contributed by atoms with E-state index in [2.05, 4.69) is 0 Å². The molecule has 9 heteroatoms. The molecule has 1 aromatic rings. The van der Waals surface area contributed by atoms with Crippen LogP contribution in [0.1, 0.15) is 12.8 Å². The zero-order valence-corrected chi connectivity index (χ0v) is 14.5. The minimum atomic E-state index is -3.97. The minimum Gasteiger partial charge on any atom is -0.492 e. The van der Waals surface area contributed by atoms with Crippen LogP contribution in [0.25, 0.3) is 0 Å². The second kappa shape index (κ2) is 7.54. The van der Waals surface area contributed by atoms with Gasteiger partial charge in [0.2, 0.25) is 5.91 Å². The maximum Gasteiger partial charge on any atom is 0.262 e. The maximum atomic E-state index is 11.4. The van der Waals surface area contributed by atoms with Crippen LogP contribution >= 0.6 is 33.9 Å². The molecule has 118 valence electrons. The first-order valence-corrected chi connectivity index (χ1v) is 8.96. The van der Waals surface area contributed by atoms with E-state index in [1.165, 1.54) is 11.0 Å². The molecule has 1 aromatic carbocycles. The van der Waals surface area contributed by atoms with Crippen LogP contribution in [0.15, 0.2) is 17.0 Å². The Bertz CT molecular complexity index is 632. The lowest BCUT2D eigenvalue weighted by Gasteiger charge is -2.12. The molecule has 0 aliphatic rings. The molecule has 0 spiro atoms. The standard InChI is InChI=1S/C12H14Cl3NO4S/c1-16(2)12(17)4-3-5-20-10-6-9(14)11(7-8(10)13)21(15,18)19/h6-7H,3-5H2,1-2H3. The van der Waals surface area contributed by atoms with E-state index >= 15 is 0 Å². The van der Waals surface area contributed by atoms with E-state index in [0.29, 0.717) is 12.8 Å². The Kier molecular flexibility index (Phi) is 6.59. The predicted molar refractivity (Wildman–Crippen MR) is 82.9 cm³/mol. The molecule has 1 rings (SSSR count). The second-order valence-electron chi connectivity index (χ2n) is 4.39. The van der Waals surface area contributed by atoms with Crippen molar-refractivity contribution in [2.75, 3.05) is 20.7 Å². The lowest BCUT2D eigenvalue weighted by molar-refractivity contribution is -0.128. The van der Waals surface area contributed by atoms with Gasteiger partial charge in [-0.3, -0.25) is 4.79 Å². The van der Waals surface area contributed by atoms with E-state index in [0.717, 1.165) is 6.07 Å². The zero-order chi connectivity index (χ0) is 16.2. The maximum absolute atomic E-state index is 11.4. The average molecular weight is 375 g/mol. The van der Waals surface area contributed by atoms with Crippen LogP contribution < -0.4 is 4.74 Å². The second-order valence-corrected chi connectivity index (χ2v) is 7.74. The van der Waals surface area contributed by atoms with Crippen LogP contribution in [-0.2, 0) is 13.8 Å². The predicted octanol–water partition coefficient (Wildman–Crippen LogP) is 3.17. The van der Waals surface area contributed by atoms with Crippen molar-refractivity contribution in [1.82, 2.24) is 4.90 Å². The fraction of sp³-hybridized carbons (Fsp3) is 0.417. The smallest absolute Gasteiger partial charge is 0.262 e. The molecule has 0 N–H and O–H groups in total. The van der Waals surface area contributed by atoms with Gasteiger partial charge < -0.3 is 9.64 Å². The summed E-state index contributed by atoms with van der Waals surface area (Å²) in [5, 5.41) is 0.00586. The van der Waals surface area contributed by atoms with Crippen molar-refractivity contribution in [1.29, 1.82) is 0 Å². The molecule has 21 heavy (non-hydrogen) atoms. The van der Waals surface area contributed by atoms with Gasteiger partial charge in [-0.05, 0) is 12.5 Å². The molecule has 0 unspecified atom stereocenters. The third-order valence-corrected chi connectivity index (χ3v) is 4.62. The molecule has 1 amide bonds. The Hall–Kier alpha value is -0.690. The van der Waals surface area contributed by atoms with Crippen molar-refractivity contribution in [2.24, 2.45) is 0 Å². The summed E-state index contributed by atoms with van der Waals surface area (Å²) in [6.07, 6.45) is 0.840. The first-order chi connectivity index (χ1) is 9.62. The summed E-state index contributed by atoms with van der Waals surface area (Å²) < 4.78 is 27.9. The number of ether oxygens (including phenoxy) is 1. The third kappa shape index (κ3) is 5.54. The zero-order valence-electron chi connectivity index (χ0n) is 11.4.